The summed E-state index contributed by atoms with van der Waals surface area (Å²) in [5.74, 6) is -0.208. The maximum absolute atomic E-state index is 13.2. The molecule has 3 rings (SSSR count). The van der Waals surface area contributed by atoms with E-state index in [9.17, 15) is 14.4 Å². The van der Waals surface area contributed by atoms with Gasteiger partial charge in [-0.15, -0.1) is 0 Å². The topological polar surface area (TPSA) is 59.4 Å². The normalized spacial score (nSPS) is 16.3. The van der Waals surface area contributed by atoms with E-state index in [1.165, 1.54) is 22.9 Å². The number of Topliss-reactive ketones (excluding diaryl/α,β-unsaturated/α-hetero) is 1. The summed E-state index contributed by atoms with van der Waals surface area (Å²) in [7, 11) is 0. The maximum Gasteiger partial charge on any atom is 0.253 e. The van der Waals surface area contributed by atoms with Gasteiger partial charge in [0.2, 0.25) is 0 Å². The molecular formula is C20H21ClN2O3. The SMILES string of the molecule is CC1CCN(C(=O)C(C(=O)c2cccc(Cl)c2)n2ccccc2=O)CC1. The number of ketones is 1. The number of halogens is 1. The highest BCUT2D eigenvalue weighted by molar-refractivity contribution is 6.31. The van der Waals surface area contributed by atoms with Crippen molar-refractivity contribution in [3.63, 3.8) is 0 Å². The van der Waals surface area contributed by atoms with E-state index in [4.69, 9.17) is 11.6 Å². The van der Waals surface area contributed by atoms with Gasteiger partial charge in [-0.1, -0.05) is 36.7 Å². The lowest BCUT2D eigenvalue weighted by Gasteiger charge is -2.33. The Labute approximate surface area is 157 Å². The third-order valence-electron chi connectivity index (χ3n) is 4.82. The maximum atomic E-state index is 13.2. The van der Waals surface area contributed by atoms with Crippen LogP contribution in [0.25, 0.3) is 0 Å². The fourth-order valence-corrected chi connectivity index (χ4v) is 3.40. The van der Waals surface area contributed by atoms with Gasteiger partial charge in [-0.2, -0.15) is 0 Å². The van der Waals surface area contributed by atoms with Crippen LogP contribution in [-0.2, 0) is 4.79 Å². The number of benzene rings is 1. The molecule has 1 saturated heterocycles. The van der Waals surface area contributed by atoms with Crippen LogP contribution in [0.5, 0.6) is 0 Å². The highest BCUT2D eigenvalue weighted by atomic mass is 35.5. The van der Waals surface area contributed by atoms with Crippen molar-refractivity contribution in [1.29, 1.82) is 0 Å². The van der Waals surface area contributed by atoms with Crippen LogP contribution in [-0.4, -0.2) is 34.2 Å². The number of aromatic nitrogens is 1. The summed E-state index contributed by atoms with van der Waals surface area (Å²) >= 11 is 6.00. The number of pyridine rings is 1. The Bertz CT molecular complexity index is 869. The van der Waals surface area contributed by atoms with E-state index in [1.54, 1.807) is 35.2 Å². The molecule has 0 N–H and O–H groups in total. The van der Waals surface area contributed by atoms with Gasteiger partial charge in [0.1, 0.15) is 0 Å². The minimum atomic E-state index is -1.21. The molecule has 0 spiro atoms. The first-order valence-electron chi connectivity index (χ1n) is 8.73. The lowest BCUT2D eigenvalue weighted by Crippen LogP contribution is -2.46. The minimum Gasteiger partial charge on any atom is -0.340 e. The molecule has 1 aromatic carbocycles. The standard InChI is InChI=1S/C20H21ClN2O3/c1-14-8-11-22(12-9-14)20(26)18(23-10-3-2-7-17(23)24)19(25)15-5-4-6-16(21)13-15/h2-7,10,13-14,18H,8-9,11-12H2,1H3. The summed E-state index contributed by atoms with van der Waals surface area (Å²) < 4.78 is 1.21. The Balaban J connectivity index is 1.99. The number of hydrogen-bond donors (Lipinski definition) is 0. The van der Waals surface area contributed by atoms with Gasteiger partial charge in [-0.05, 0) is 37.0 Å². The lowest BCUT2D eigenvalue weighted by atomic mass is 9.97. The number of likely N-dealkylation sites (tertiary alicyclic amines) is 1. The van der Waals surface area contributed by atoms with Crippen LogP contribution < -0.4 is 5.56 Å². The number of rotatable bonds is 4. The van der Waals surface area contributed by atoms with Crippen molar-refractivity contribution in [2.75, 3.05) is 13.1 Å². The minimum absolute atomic E-state index is 0.317. The Hall–Kier alpha value is -2.40. The highest BCUT2D eigenvalue weighted by Crippen LogP contribution is 2.23. The Morgan fingerprint density at radius 3 is 2.50 bits per heavy atom. The van der Waals surface area contributed by atoms with Crippen LogP contribution in [0.1, 0.15) is 36.2 Å². The van der Waals surface area contributed by atoms with Crippen molar-refractivity contribution in [1.82, 2.24) is 9.47 Å². The number of carbonyl (C=O) groups is 2. The second-order valence-electron chi connectivity index (χ2n) is 6.73. The average molecular weight is 373 g/mol. The molecule has 1 fully saturated rings. The summed E-state index contributed by atoms with van der Waals surface area (Å²) in [4.78, 5) is 40.3. The van der Waals surface area contributed by atoms with Crippen molar-refractivity contribution in [3.8, 4) is 0 Å². The van der Waals surface area contributed by atoms with E-state index in [2.05, 4.69) is 6.92 Å². The Morgan fingerprint density at radius 2 is 1.85 bits per heavy atom. The van der Waals surface area contributed by atoms with Gasteiger partial charge in [0.05, 0.1) is 0 Å². The molecule has 1 atom stereocenters. The molecule has 26 heavy (non-hydrogen) atoms. The summed E-state index contributed by atoms with van der Waals surface area (Å²) in [6.45, 7) is 3.35. The van der Waals surface area contributed by atoms with Crippen LogP contribution in [0.3, 0.4) is 0 Å². The number of hydrogen-bond acceptors (Lipinski definition) is 3. The molecule has 136 valence electrons. The average Bonchev–Trinajstić information content (AvgIpc) is 2.64. The van der Waals surface area contributed by atoms with Crippen LogP contribution in [0, 0.1) is 5.92 Å². The quantitative estimate of drug-likeness (QED) is 0.611. The zero-order valence-corrected chi connectivity index (χ0v) is 15.4. The molecule has 5 nitrogen and oxygen atoms in total. The van der Waals surface area contributed by atoms with Crippen molar-refractivity contribution in [3.05, 3.63) is 69.6 Å². The van der Waals surface area contributed by atoms with Gasteiger partial charge in [-0.25, -0.2) is 0 Å². The van der Waals surface area contributed by atoms with E-state index in [0.717, 1.165) is 12.8 Å². The van der Waals surface area contributed by atoms with Gasteiger partial charge in [0.25, 0.3) is 11.5 Å². The molecular weight excluding hydrogens is 352 g/mol. The molecule has 1 aromatic heterocycles. The summed E-state index contributed by atoms with van der Waals surface area (Å²) in [6.07, 6.45) is 3.28. The Morgan fingerprint density at radius 1 is 1.12 bits per heavy atom. The van der Waals surface area contributed by atoms with E-state index < -0.39 is 11.8 Å². The summed E-state index contributed by atoms with van der Waals surface area (Å²) in [5, 5.41) is 0.411. The second kappa shape index (κ2) is 7.87. The molecule has 1 amide bonds. The molecule has 2 heterocycles. The predicted molar refractivity (Wildman–Crippen MR) is 100 cm³/mol. The third-order valence-corrected chi connectivity index (χ3v) is 5.05. The number of nitrogens with zero attached hydrogens (tertiary/aromatic N) is 2. The number of carbonyl (C=O) groups excluding carboxylic acids is 2. The molecule has 1 unspecified atom stereocenters. The monoisotopic (exact) mass is 372 g/mol. The lowest BCUT2D eigenvalue weighted by molar-refractivity contribution is -0.134. The van der Waals surface area contributed by atoms with Gasteiger partial charge in [-0.3, -0.25) is 19.0 Å². The second-order valence-corrected chi connectivity index (χ2v) is 7.17. The van der Waals surface area contributed by atoms with E-state index in [-0.39, 0.29) is 11.5 Å². The van der Waals surface area contributed by atoms with E-state index in [0.29, 0.717) is 29.6 Å². The summed E-state index contributed by atoms with van der Waals surface area (Å²) in [5.41, 5.74) is -0.0661. The summed E-state index contributed by atoms with van der Waals surface area (Å²) in [6, 6.07) is 9.83. The van der Waals surface area contributed by atoms with Gasteiger partial charge >= 0.3 is 0 Å². The molecule has 0 radical (unpaired) electrons. The van der Waals surface area contributed by atoms with E-state index in [1.807, 2.05) is 0 Å². The molecule has 2 aromatic rings. The molecule has 0 aliphatic carbocycles. The van der Waals surface area contributed by atoms with Crippen LogP contribution >= 0.6 is 11.6 Å². The fourth-order valence-electron chi connectivity index (χ4n) is 3.21. The zero-order valence-electron chi connectivity index (χ0n) is 14.6. The zero-order chi connectivity index (χ0) is 18.7. The molecule has 0 bridgehead atoms. The molecule has 1 aliphatic rings. The molecule has 0 saturated carbocycles. The third kappa shape index (κ3) is 3.88. The Kier molecular flexibility index (Phi) is 5.57. The van der Waals surface area contributed by atoms with Crippen LogP contribution in [0.15, 0.2) is 53.5 Å². The number of amides is 1. The van der Waals surface area contributed by atoms with Gasteiger partial charge in [0.15, 0.2) is 11.8 Å². The van der Waals surface area contributed by atoms with Crippen molar-refractivity contribution in [2.45, 2.75) is 25.8 Å². The first-order chi connectivity index (χ1) is 12.5. The fraction of sp³-hybridized carbons (Fsp3) is 0.350. The van der Waals surface area contributed by atoms with Crippen molar-refractivity contribution < 1.29 is 9.59 Å². The first kappa shape index (κ1) is 18.4. The van der Waals surface area contributed by atoms with Gasteiger partial charge in [0, 0.05) is 35.9 Å². The van der Waals surface area contributed by atoms with Crippen molar-refractivity contribution in [2.24, 2.45) is 5.92 Å². The van der Waals surface area contributed by atoms with Crippen LogP contribution in [0.4, 0.5) is 0 Å². The molecule has 1 aliphatic heterocycles. The van der Waals surface area contributed by atoms with E-state index >= 15 is 0 Å². The first-order valence-corrected chi connectivity index (χ1v) is 9.11. The largest absolute Gasteiger partial charge is 0.340 e. The highest BCUT2D eigenvalue weighted by Gasteiger charge is 2.34. The van der Waals surface area contributed by atoms with Crippen LogP contribution in [0.2, 0.25) is 5.02 Å². The number of piperidine rings is 1. The van der Waals surface area contributed by atoms with Crippen molar-refractivity contribution >= 4 is 23.3 Å². The molecule has 6 heteroatoms. The van der Waals surface area contributed by atoms with Gasteiger partial charge < -0.3 is 4.90 Å². The smallest absolute Gasteiger partial charge is 0.253 e. The predicted octanol–water partition coefficient (Wildman–Crippen LogP) is 3.18.